The number of rotatable bonds is 3. The van der Waals surface area contributed by atoms with Crippen molar-refractivity contribution in [3.63, 3.8) is 0 Å². The van der Waals surface area contributed by atoms with Gasteiger partial charge in [0.15, 0.2) is 0 Å². The van der Waals surface area contributed by atoms with Crippen LogP contribution in [0.25, 0.3) is 11.1 Å². The van der Waals surface area contributed by atoms with Crippen molar-refractivity contribution in [2.24, 2.45) is 0 Å². The van der Waals surface area contributed by atoms with Crippen molar-refractivity contribution in [2.75, 3.05) is 11.0 Å². The predicted octanol–water partition coefficient (Wildman–Crippen LogP) is 4.08. The Bertz CT molecular complexity index is 1170. The maximum absolute atomic E-state index is 11.6. The van der Waals surface area contributed by atoms with Crippen molar-refractivity contribution >= 4 is 15.7 Å². The third kappa shape index (κ3) is 3.25. The first-order valence-electron chi connectivity index (χ1n) is 8.33. The Morgan fingerprint density at radius 3 is 2.52 bits per heavy atom. The number of hydrogen-bond donors (Lipinski definition) is 1. The van der Waals surface area contributed by atoms with Crippen LogP contribution >= 0.6 is 0 Å². The van der Waals surface area contributed by atoms with Gasteiger partial charge in [-0.25, -0.2) is 8.42 Å². The van der Waals surface area contributed by atoms with E-state index in [0.29, 0.717) is 17.0 Å². The number of nitriles is 1. The van der Waals surface area contributed by atoms with Gasteiger partial charge in [0, 0.05) is 16.8 Å². The van der Waals surface area contributed by atoms with Crippen LogP contribution in [0.2, 0.25) is 0 Å². The Morgan fingerprint density at radius 2 is 1.81 bits per heavy atom. The highest BCUT2D eigenvalue weighted by Crippen LogP contribution is 2.46. The Hall–Kier alpha value is -3.30. The largest absolute Gasteiger partial charge is 0.480 e. The molecular formula is C21H16N2O3S. The van der Waals surface area contributed by atoms with Gasteiger partial charge < -0.3 is 4.74 Å². The summed E-state index contributed by atoms with van der Waals surface area (Å²) in [4.78, 5) is 0. The van der Waals surface area contributed by atoms with Crippen LogP contribution in [0.1, 0.15) is 22.8 Å². The molecule has 0 bridgehead atoms. The molecule has 3 aromatic rings. The summed E-state index contributed by atoms with van der Waals surface area (Å²) in [5, 5.41) is 9.51. The highest BCUT2D eigenvalue weighted by atomic mass is 32.2. The van der Waals surface area contributed by atoms with Gasteiger partial charge in [0.05, 0.1) is 17.9 Å². The number of ether oxygens (including phenoxy) is 1. The topological polar surface area (TPSA) is 79.2 Å². The summed E-state index contributed by atoms with van der Waals surface area (Å²) in [7, 11) is -3.40. The molecule has 4 rings (SSSR count). The van der Waals surface area contributed by atoms with Gasteiger partial charge in [-0.15, -0.1) is 0 Å². The van der Waals surface area contributed by atoms with Crippen molar-refractivity contribution in [3.05, 3.63) is 83.4 Å². The molecule has 0 aromatic heterocycles. The van der Waals surface area contributed by atoms with Crippen molar-refractivity contribution in [1.82, 2.24) is 0 Å². The maximum Gasteiger partial charge on any atom is 0.229 e. The number of nitrogens with one attached hydrogen (secondary N) is 1. The molecule has 5 nitrogen and oxygen atoms in total. The molecule has 1 unspecified atom stereocenters. The molecular weight excluding hydrogens is 360 g/mol. The normalized spacial score (nSPS) is 15.0. The SMILES string of the molecule is CS(=O)(=O)Nc1ccc2c(c1)C(c1ccccc1)Oc1cccc(C#N)c1-2. The molecule has 1 heterocycles. The van der Waals surface area contributed by atoms with Gasteiger partial charge in [-0.05, 0) is 35.4 Å². The summed E-state index contributed by atoms with van der Waals surface area (Å²) in [6.45, 7) is 0. The molecule has 0 aliphatic carbocycles. The van der Waals surface area contributed by atoms with Gasteiger partial charge in [0.25, 0.3) is 0 Å². The lowest BCUT2D eigenvalue weighted by atomic mass is 9.87. The number of hydrogen-bond acceptors (Lipinski definition) is 4. The number of anilines is 1. The Labute approximate surface area is 157 Å². The minimum Gasteiger partial charge on any atom is -0.480 e. The lowest BCUT2D eigenvalue weighted by Crippen LogP contribution is -2.17. The average molecular weight is 376 g/mol. The van der Waals surface area contributed by atoms with E-state index in [-0.39, 0.29) is 0 Å². The molecule has 1 N–H and O–H groups in total. The van der Waals surface area contributed by atoms with Gasteiger partial charge in [-0.3, -0.25) is 4.72 Å². The lowest BCUT2D eigenvalue weighted by Gasteiger charge is -2.30. The van der Waals surface area contributed by atoms with Crippen LogP contribution in [0.5, 0.6) is 5.75 Å². The Balaban J connectivity index is 1.95. The van der Waals surface area contributed by atoms with Crippen LogP contribution in [0.15, 0.2) is 66.7 Å². The number of fused-ring (bicyclic) bond motifs is 3. The van der Waals surface area contributed by atoms with Gasteiger partial charge in [-0.1, -0.05) is 42.5 Å². The first-order valence-corrected chi connectivity index (χ1v) is 10.2. The van der Waals surface area contributed by atoms with E-state index in [9.17, 15) is 13.7 Å². The lowest BCUT2D eigenvalue weighted by molar-refractivity contribution is 0.243. The van der Waals surface area contributed by atoms with Gasteiger partial charge in [0.1, 0.15) is 11.9 Å². The number of nitrogens with zero attached hydrogens (tertiary/aromatic N) is 1. The smallest absolute Gasteiger partial charge is 0.229 e. The van der Waals surface area contributed by atoms with E-state index in [1.165, 1.54) is 0 Å². The van der Waals surface area contributed by atoms with Crippen LogP contribution in [-0.2, 0) is 10.0 Å². The van der Waals surface area contributed by atoms with E-state index in [2.05, 4.69) is 10.8 Å². The zero-order chi connectivity index (χ0) is 19.0. The van der Waals surface area contributed by atoms with Gasteiger partial charge in [0.2, 0.25) is 10.0 Å². The second kappa shape index (κ2) is 6.45. The van der Waals surface area contributed by atoms with Crippen molar-refractivity contribution in [3.8, 4) is 22.9 Å². The molecule has 0 saturated heterocycles. The number of sulfonamides is 1. The van der Waals surface area contributed by atoms with E-state index in [0.717, 1.165) is 28.5 Å². The second-order valence-corrected chi connectivity index (χ2v) is 8.12. The van der Waals surface area contributed by atoms with Crippen LogP contribution in [0, 0.1) is 11.3 Å². The molecule has 0 fully saturated rings. The van der Waals surface area contributed by atoms with E-state index in [4.69, 9.17) is 4.74 Å². The summed E-state index contributed by atoms with van der Waals surface area (Å²) in [6, 6.07) is 22.6. The van der Waals surface area contributed by atoms with E-state index < -0.39 is 16.1 Å². The zero-order valence-electron chi connectivity index (χ0n) is 14.5. The Morgan fingerprint density at radius 1 is 1.04 bits per heavy atom. The molecule has 0 saturated carbocycles. The highest BCUT2D eigenvalue weighted by Gasteiger charge is 2.29. The quantitative estimate of drug-likeness (QED) is 0.747. The molecule has 0 amide bonds. The minimum absolute atomic E-state index is 0.399. The zero-order valence-corrected chi connectivity index (χ0v) is 15.3. The van der Waals surface area contributed by atoms with E-state index >= 15 is 0 Å². The summed E-state index contributed by atoms with van der Waals surface area (Å²) < 4.78 is 32.0. The number of benzene rings is 3. The van der Waals surface area contributed by atoms with Crippen LogP contribution in [0.3, 0.4) is 0 Å². The first-order chi connectivity index (χ1) is 13.0. The standard InChI is InChI=1S/C21H16N2O3S/c1-27(24,25)23-16-10-11-17-18(12-16)21(14-6-3-2-4-7-14)26-19-9-5-8-15(13-22)20(17)19/h2-12,21,23H,1H3. The molecule has 134 valence electrons. The monoisotopic (exact) mass is 376 g/mol. The fourth-order valence-electron chi connectivity index (χ4n) is 3.35. The van der Waals surface area contributed by atoms with E-state index in [1.54, 1.807) is 24.3 Å². The summed E-state index contributed by atoms with van der Waals surface area (Å²) >= 11 is 0. The molecule has 6 heteroatoms. The van der Waals surface area contributed by atoms with Crippen LogP contribution < -0.4 is 9.46 Å². The molecule has 0 spiro atoms. The minimum atomic E-state index is -3.40. The predicted molar refractivity (Wildman–Crippen MR) is 104 cm³/mol. The fraction of sp³-hybridized carbons (Fsp3) is 0.0952. The van der Waals surface area contributed by atoms with Crippen molar-refractivity contribution in [1.29, 1.82) is 5.26 Å². The maximum atomic E-state index is 11.6. The van der Waals surface area contributed by atoms with Crippen LogP contribution in [0.4, 0.5) is 5.69 Å². The highest BCUT2D eigenvalue weighted by molar-refractivity contribution is 7.92. The fourth-order valence-corrected chi connectivity index (χ4v) is 3.91. The summed E-state index contributed by atoms with van der Waals surface area (Å²) in [5.41, 5.74) is 4.32. The third-order valence-corrected chi connectivity index (χ3v) is 5.01. The second-order valence-electron chi connectivity index (χ2n) is 6.38. The average Bonchev–Trinajstić information content (AvgIpc) is 2.66. The van der Waals surface area contributed by atoms with Crippen molar-refractivity contribution in [2.45, 2.75) is 6.10 Å². The van der Waals surface area contributed by atoms with Gasteiger partial charge >= 0.3 is 0 Å². The molecule has 3 aromatic carbocycles. The van der Waals surface area contributed by atoms with Gasteiger partial charge in [-0.2, -0.15) is 5.26 Å². The summed E-state index contributed by atoms with van der Waals surface area (Å²) in [5.74, 6) is 0.638. The van der Waals surface area contributed by atoms with E-state index in [1.807, 2.05) is 42.5 Å². The Kier molecular flexibility index (Phi) is 4.09. The molecule has 1 aliphatic heterocycles. The first kappa shape index (κ1) is 17.1. The third-order valence-electron chi connectivity index (χ3n) is 4.40. The molecule has 1 atom stereocenters. The molecule has 1 aliphatic rings. The molecule has 0 radical (unpaired) electrons. The summed E-state index contributed by atoms with van der Waals surface area (Å²) in [6.07, 6.45) is 0.713. The van der Waals surface area contributed by atoms with Crippen molar-refractivity contribution < 1.29 is 13.2 Å². The van der Waals surface area contributed by atoms with Crippen LogP contribution in [-0.4, -0.2) is 14.7 Å². The molecule has 27 heavy (non-hydrogen) atoms.